The van der Waals surface area contributed by atoms with E-state index in [0.717, 1.165) is 11.5 Å². The van der Waals surface area contributed by atoms with Crippen molar-refractivity contribution >= 4 is 52.9 Å². The molecule has 1 unspecified atom stereocenters. The Morgan fingerprint density at radius 1 is 1.14 bits per heavy atom. The van der Waals surface area contributed by atoms with Crippen molar-refractivity contribution in [1.29, 1.82) is 0 Å². The molecule has 3 amide bonds. The van der Waals surface area contributed by atoms with E-state index in [2.05, 4.69) is 15.4 Å². The van der Waals surface area contributed by atoms with Crippen LogP contribution in [0.3, 0.4) is 0 Å². The molecule has 154 valence electrons. The molecule has 1 aromatic carbocycles. The Hall–Kier alpha value is -1.64. The molecular formula is C18H23Cl2N3O4S. The maximum atomic E-state index is 13.2. The lowest BCUT2D eigenvalue weighted by Crippen LogP contribution is -2.61. The number of benzene rings is 1. The fraction of sp³-hybridized carbons (Fsp3) is 0.500. The van der Waals surface area contributed by atoms with Gasteiger partial charge in [-0.15, -0.1) is 0 Å². The van der Waals surface area contributed by atoms with Gasteiger partial charge >= 0.3 is 6.09 Å². The van der Waals surface area contributed by atoms with Gasteiger partial charge in [0.15, 0.2) is 0 Å². The molecule has 1 aromatic rings. The second-order valence-corrected chi connectivity index (χ2v) is 8.75. The van der Waals surface area contributed by atoms with Crippen molar-refractivity contribution in [1.82, 2.24) is 15.5 Å². The lowest BCUT2D eigenvalue weighted by molar-refractivity contribution is -0.140. The Morgan fingerprint density at radius 3 is 2.21 bits per heavy atom. The molecule has 2 rings (SSSR count). The number of carbonyl (C=O) groups is 3. The number of amides is 3. The summed E-state index contributed by atoms with van der Waals surface area (Å²) >= 11 is 13.8. The number of hydrogen-bond donors (Lipinski definition) is 2. The monoisotopic (exact) mass is 447 g/mol. The first-order valence-corrected chi connectivity index (χ1v) is 10.5. The molecule has 0 bridgehead atoms. The second-order valence-electron chi connectivity index (χ2n) is 6.66. The number of halogens is 2. The summed E-state index contributed by atoms with van der Waals surface area (Å²) in [6, 6.07) is 3.47. The summed E-state index contributed by atoms with van der Waals surface area (Å²) < 4.78 is 4.64. The summed E-state index contributed by atoms with van der Waals surface area (Å²) in [7, 11) is 4.50. The van der Waals surface area contributed by atoms with Crippen LogP contribution in [0.2, 0.25) is 10.0 Å². The maximum absolute atomic E-state index is 13.2. The minimum Gasteiger partial charge on any atom is -0.453 e. The molecule has 28 heavy (non-hydrogen) atoms. The highest BCUT2D eigenvalue weighted by Crippen LogP contribution is 2.30. The third-order valence-corrected chi connectivity index (χ3v) is 5.87. The van der Waals surface area contributed by atoms with Crippen LogP contribution >= 0.6 is 35.0 Å². The third-order valence-electron chi connectivity index (χ3n) is 4.45. The zero-order valence-electron chi connectivity index (χ0n) is 15.9. The molecule has 1 aliphatic rings. The number of ether oxygens (including phenoxy) is 1. The average Bonchev–Trinajstić information content (AvgIpc) is 2.64. The van der Waals surface area contributed by atoms with Gasteiger partial charge < -0.3 is 20.3 Å². The van der Waals surface area contributed by atoms with Gasteiger partial charge in [0.1, 0.15) is 11.6 Å². The van der Waals surface area contributed by atoms with Crippen molar-refractivity contribution in [3.63, 3.8) is 0 Å². The summed E-state index contributed by atoms with van der Waals surface area (Å²) in [5.74, 6) is 0.781. The van der Waals surface area contributed by atoms with Crippen LogP contribution in [0.4, 0.5) is 4.79 Å². The van der Waals surface area contributed by atoms with Crippen LogP contribution in [0.15, 0.2) is 18.2 Å². The van der Waals surface area contributed by atoms with E-state index in [1.165, 1.54) is 30.2 Å². The topological polar surface area (TPSA) is 87.7 Å². The van der Waals surface area contributed by atoms with Crippen LogP contribution in [0.5, 0.6) is 0 Å². The van der Waals surface area contributed by atoms with Gasteiger partial charge in [0.05, 0.1) is 7.11 Å². The van der Waals surface area contributed by atoms with E-state index in [0.29, 0.717) is 28.5 Å². The first-order valence-electron chi connectivity index (χ1n) is 8.60. The second kappa shape index (κ2) is 9.71. The minimum absolute atomic E-state index is 0.179. The van der Waals surface area contributed by atoms with Crippen molar-refractivity contribution in [2.24, 2.45) is 0 Å². The van der Waals surface area contributed by atoms with Crippen molar-refractivity contribution in [2.45, 2.75) is 24.4 Å². The van der Waals surface area contributed by atoms with Crippen LogP contribution in [-0.4, -0.2) is 61.1 Å². The van der Waals surface area contributed by atoms with Gasteiger partial charge in [0.25, 0.3) is 0 Å². The SMILES string of the molecule is COC(=O)NC(C(=O)NC1(C(=O)N(C)C)CCSCC1)c1cc(Cl)cc(Cl)c1. The number of carbonyl (C=O) groups excluding carboxylic acids is 3. The number of nitrogens with zero attached hydrogens (tertiary/aromatic N) is 1. The summed E-state index contributed by atoms with van der Waals surface area (Å²) in [6.07, 6.45) is 0.215. The van der Waals surface area contributed by atoms with Crippen molar-refractivity contribution in [3.8, 4) is 0 Å². The molecule has 10 heteroatoms. The summed E-state index contributed by atoms with van der Waals surface area (Å²) in [4.78, 5) is 39.3. The highest BCUT2D eigenvalue weighted by Gasteiger charge is 2.43. The summed E-state index contributed by atoms with van der Waals surface area (Å²) in [5.41, 5.74) is -0.636. The van der Waals surface area contributed by atoms with Gasteiger partial charge in [-0.05, 0) is 48.1 Å². The van der Waals surface area contributed by atoms with Crippen LogP contribution in [0.1, 0.15) is 24.4 Å². The van der Waals surface area contributed by atoms with Gasteiger partial charge in [0.2, 0.25) is 11.8 Å². The molecule has 0 aliphatic carbocycles. The fourth-order valence-corrected chi connectivity index (χ4v) is 4.80. The van der Waals surface area contributed by atoms with Crippen LogP contribution in [-0.2, 0) is 14.3 Å². The van der Waals surface area contributed by atoms with Crippen molar-refractivity contribution in [3.05, 3.63) is 33.8 Å². The Labute approximate surface area is 178 Å². The van der Waals surface area contributed by atoms with E-state index >= 15 is 0 Å². The Kier molecular flexibility index (Phi) is 7.86. The highest BCUT2D eigenvalue weighted by molar-refractivity contribution is 7.99. The van der Waals surface area contributed by atoms with Crippen molar-refractivity contribution < 1.29 is 19.1 Å². The number of alkyl carbamates (subject to hydrolysis) is 1. The smallest absolute Gasteiger partial charge is 0.407 e. The van der Waals surface area contributed by atoms with Gasteiger partial charge in [-0.1, -0.05) is 23.2 Å². The zero-order valence-corrected chi connectivity index (χ0v) is 18.2. The summed E-state index contributed by atoms with van der Waals surface area (Å²) in [5, 5.41) is 6.01. The van der Waals surface area contributed by atoms with Gasteiger partial charge in [-0.3, -0.25) is 9.59 Å². The molecule has 1 atom stereocenters. The fourth-order valence-electron chi connectivity index (χ4n) is 3.07. The van der Waals surface area contributed by atoms with Crippen LogP contribution in [0.25, 0.3) is 0 Å². The predicted molar refractivity (Wildman–Crippen MR) is 111 cm³/mol. The summed E-state index contributed by atoms with van der Waals surface area (Å²) in [6.45, 7) is 0. The van der Waals surface area contributed by atoms with E-state index in [4.69, 9.17) is 23.2 Å². The highest BCUT2D eigenvalue weighted by atomic mass is 35.5. The third kappa shape index (κ3) is 5.46. The van der Waals surface area contributed by atoms with E-state index in [1.807, 2.05) is 0 Å². The van der Waals surface area contributed by atoms with E-state index in [1.54, 1.807) is 25.9 Å². The number of thioether (sulfide) groups is 1. The minimum atomic E-state index is -1.12. The van der Waals surface area contributed by atoms with Crippen molar-refractivity contribution in [2.75, 3.05) is 32.7 Å². The van der Waals surface area contributed by atoms with Gasteiger partial charge in [-0.2, -0.15) is 11.8 Å². The molecule has 1 fully saturated rings. The molecule has 1 aliphatic heterocycles. The van der Waals surface area contributed by atoms with E-state index in [9.17, 15) is 14.4 Å². The number of nitrogens with one attached hydrogen (secondary N) is 2. The van der Waals surface area contributed by atoms with Crippen LogP contribution in [0, 0.1) is 0 Å². The molecule has 2 N–H and O–H groups in total. The lowest BCUT2D eigenvalue weighted by atomic mass is 9.89. The van der Waals surface area contributed by atoms with Gasteiger partial charge in [0, 0.05) is 24.1 Å². The molecule has 1 heterocycles. The molecule has 0 saturated carbocycles. The first kappa shape index (κ1) is 22.6. The number of hydrogen-bond acceptors (Lipinski definition) is 5. The molecular weight excluding hydrogens is 425 g/mol. The average molecular weight is 448 g/mol. The lowest BCUT2D eigenvalue weighted by Gasteiger charge is -2.39. The Bertz CT molecular complexity index is 734. The maximum Gasteiger partial charge on any atom is 0.407 e. The molecule has 7 nitrogen and oxygen atoms in total. The standard InChI is InChI=1S/C18H23Cl2N3O4S/c1-23(2)16(25)18(4-6-28-7-5-18)22-15(24)14(21-17(26)27-3)11-8-12(19)10-13(20)9-11/h8-10,14H,4-7H2,1-3H3,(H,21,26)(H,22,24). The number of methoxy groups -OCH3 is 1. The normalized spacial score (nSPS) is 16.6. The predicted octanol–water partition coefficient (Wildman–Crippen LogP) is 2.86. The number of rotatable bonds is 5. The molecule has 0 spiro atoms. The first-order chi connectivity index (χ1) is 13.2. The quantitative estimate of drug-likeness (QED) is 0.724. The molecule has 1 saturated heterocycles. The van der Waals surface area contributed by atoms with E-state index < -0.39 is 23.6 Å². The van der Waals surface area contributed by atoms with E-state index in [-0.39, 0.29) is 5.91 Å². The Balaban J connectivity index is 2.37. The zero-order chi connectivity index (χ0) is 20.9. The molecule has 0 aromatic heterocycles. The number of likely N-dealkylation sites (N-methyl/N-ethyl adjacent to an activating group) is 1. The van der Waals surface area contributed by atoms with Gasteiger partial charge in [-0.25, -0.2) is 4.79 Å². The molecule has 0 radical (unpaired) electrons. The largest absolute Gasteiger partial charge is 0.453 e. The van der Waals surface area contributed by atoms with Crippen LogP contribution < -0.4 is 10.6 Å². The Morgan fingerprint density at radius 2 is 1.71 bits per heavy atom.